The number of hydrogen-bond donors (Lipinski definition) is 1. The van der Waals surface area contributed by atoms with Crippen LogP contribution >= 0.6 is 43.6 Å². The largest absolute Gasteiger partial charge is 0.272 e. The van der Waals surface area contributed by atoms with Gasteiger partial charge in [0.15, 0.2) is 6.04 Å². The van der Waals surface area contributed by atoms with Crippen LogP contribution in [-0.4, -0.2) is 32.2 Å². The second-order valence-electron chi connectivity index (χ2n) is 6.32. The van der Waals surface area contributed by atoms with Crippen molar-refractivity contribution in [2.75, 3.05) is 0 Å². The zero-order chi connectivity index (χ0) is 13.4. The molecule has 2 aliphatic carbocycles. The maximum atomic E-state index is 4.03. The lowest BCUT2D eigenvalue weighted by molar-refractivity contribution is 0.300. The van der Waals surface area contributed by atoms with Crippen molar-refractivity contribution in [2.24, 2.45) is 0 Å². The van der Waals surface area contributed by atoms with Crippen LogP contribution in [0.15, 0.2) is 0 Å². The van der Waals surface area contributed by atoms with Gasteiger partial charge in [0.1, 0.15) is 12.3 Å². The lowest BCUT2D eigenvalue weighted by Gasteiger charge is -2.46. The molecule has 0 bridgehead atoms. The SMILES string of the molecule is CCC[C+]1CC(Br)CC2SC3CC(Br)CCC3NC12. The minimum atomic E-state index is 0.701. The first-order valence-electron chi connectivity index (χ1n) is 7.71. The van der Waals surface area contributed by atoms with Gasteiger partial charge >= 0.3 is 0 Å². The van der Waals surface area contributed by atoms with Gasteiger partial charge in [-0.1, -0.05) is 38.8 Å². The Morgan fingerprint density at radius 2 is 1.95 bits per heavy atom. The molecule has 0 radical (unpaired) electrons. The average Bonchev–Trinajstić information content (AvgIpc) is 2.37. The Kier molecular flexibility index (Phi) is 5.15. The molecule has 6 atom stereocenters. The molecule has 0 amide bonds. The summed E-state index contributed by atoms with van der Waals surface area (Å²) in [5.41, 5.74) is 0. The predicted molar refractivity (Wildman–Crippen MR) is 92.5 cm³/mol. The Morgan fingerprint density at radius 1 is 1.16 bits per heavy atom. The summed E-state index contributed by atoms with van der Waals surface area (Å²) in [5.74, 6) is 1.78. The highest BCUT2D eigenvalue weighted by Crippen LogP contribution is 2.47. The standard InChI is InChI=1S/C15H24Br2NS/c1-2-3-9-6-11(17)8-14-15(9)18-12-5-4-10(16)7-13(12)19-14/h10-15,18H,2-8H2,1H3/q+1. The van der Waals surface area contributed by atoms with E-state index in [1.807, 2.05) is 0 Å². The van der Waals surface area contributed by atoms with Gasteiger partial charge in [-0.15, -0.1) is 11.8 Å². The van der Waals surface area contributed by atoms with Crippen molar-refractivity contribution in [2.45, 2.75) is 84.1 Å². The zero-order valence-corrected chi connectivity index (χ0v) is 15.6. The molecule has 0 aromatic carbocycles. The van der Waals surface area contributed by atoms with Crippen molar-refractivity contribution in [1.29, 1.82) is 0 Å². The van der Waals surface area contributed by atoms with Gasteiger partial charge in [-0.05, 0) is 32.1 Å². The number of thioether (sulfide) groups is 1. The van der Waals surface area contributed by atoms with Crippen LogP contribution in [-0.2, 0) is 0 Å². The molecular formula is C15H24Br2NS+. The second-order valence-corrected chi connectivity index (χ2v) is 10.4. The number of alkyl halides is 2. The molecule has 3 rings (SSSR count). The third-order valence-electron chi connectivity index (χ3n) is 4.83. The van der Waals surface area contributed by atoms with Crippen LogP contribution < -0.4 is 5.32 Å². The maximum Gasteiger partial charge on any atom is 0.163 e. The first-order chi connectivity index (χ1) is 9.17. The van der Waals surface area contributed by atoms with E-state index in [0.29, 0.717) is 10.9 Å². The highest BCUT2D eigenvalue weighted by atomic mass is 79.9. The maximum absolute atomic E-state index is 4.03. The molecule has 2 saturated carbocycles. The molecule has 1 heterocycles. The predicted octanol–water partition coefficient (Wildman–Crippen LogP) is 4.68. The van der Waals surface area contributed by atoms with Crippen LogP contribution in [0.2, 0.25) is 0 Å². The second kappa shape index (κ2) is 6.50. The van der Waals surface area contributed by atoms with Gasteiger partial charge in [-0.3, -0.25) is 5.32 Å². The quantitative estimate of drug-likeness (QED) is 0.525. The summed E-state index contributed by atoms with van der Waals surface area (Å²) in [4.78, 5) is 1.46. The summed E-state index contributed by atoms with van der Waals surface area (Å²) in [6.07, 6.45) is 9.29. The number of nitrogens with one attached hydrogen (secondary N) is 1. The van der Waals surface area contributed by atoms with Crippen LogP contribution in [0, 0.1) is 5.92 Å². The van der Waals surface area contributed by atoms with Gasteiger partial charge in [-0.25, -0.2) is 0 Å². The van der Waals surface area contributed by atoms with Crippen LogP contribution in [0.1, 0.15) is 51.9 Å². The molecule has 0 aromatic heterocycles. The fourth-order valence-corrected chi connectivity index (χ4v) is 7.91. The van der Waals surface area contributed by atoms with Crippen LogP contribution in [0.4, 0.5) is 0 Å². The molecule has 1 aliphatic heterocycles. The van der Waals surface area contributed by atoms with Gasteiger partial charge in [0.25, 0.3) is 0 Å². The summed E-state index contributed by atoms with van der Waals surface area (Å²) in [5, 5.41) is 5.67. The molecule has 4 heteroatoms. The van der Waals surface area contributed by atoms with E-state index >= 15 is 0 Å². The Morgan fingerprint density at radius 3 is 2.74 bits per heavy atom. The van der Waals surface area contributed by atoms with Gasteiger partial charge in [0.05, 0.1) is 16.5 Å². The smallest absolute Gasteiger partial charge is 0.163 e. The normalized spacial score (nSPS) is 46.6. The first kappa shape index (κ1) is 15.1. The van der Waals surface area contributed by atoms with Gasteiger partial charge in [0.2, 0.25) is 0 Å². The topological polar surface area (TPSA) is 12.0 Å². The lowest BCUT2D eigenvalue weighted by Crippen LogP contribution is -2.60. The third kappa shape index (κ3) is 3.32. The number of halogens is 2. The Hall–Kier alpha value is 1.14. The van der Waals surface area contributed by atoms with E-state index in [4.69, 9.17) is 0 Å². The van der Waals surface area contributed by atoms with Crippen molar-refractivity contribution < 1.29 is 0 Å². The van der Waals surface area contributed by atoms with Crippen molar-refractivity contribution in [3.05, 3.63) is 5.92 Å². The highest BCUT2D eigenvalue weighted by Gasteiger charge is 2.51. The monoisotopic (exact) mass is 408 g/mol. The van der Waals surface area contributed by atoms with Crippen LogP contribution in [0.3, 0.4) is 0 Å². The average molecular weight is 410 g/mol. The van der Waals surface area contributed by atoms with E-state index < -0.39 is 0 Å². The van der Waals surface area contributed by atoms with Crippen molar-refractivity contribution in [3.8, 4) is 0 Å². The van der Waals surface area contributed by atoms with E-state index in [2.05, 4.69) is 55.9 Å². The molecule has 19 heavy (non-hydrogen) atoms. The van der Waals surface area contributed by atoms with Gasteiger partial charge in [0, 0.05) is 16.1 Å². The van der Waals surface area contributed by atoms with Crippen molar-refractivity contribution >= 4 is 43.6 Å². The van der Waals surface area contributed by atoms with Gasteiger partial charge in [-0.2, -0.15) is 0 Å². The molecule has 0 aromatic rings. The Labute approximate surface area is 138 Å². The molecule has 0 spiro atoms. The van der Waals surface area contributed by atoms with E-state index in [1.165, 1.54) is 44.9 Å². The molecule has 1 nitrogen and oxygen atoms in total. The molecule has 108 valence electrons. The summed E-state index contributed by atoms with van der Waals surface area (Å²) in [6.45, 7) is 2.31. The molecule has 3 aliphatic rings. The summed E-state index contributed by atoms with van der Waals surface area (Å²) in [7, 11) is 0. The zero-order valence-electron chi connectivity index (χ0n) is 11.6. The third-order valence-corrected chi connectivity index (χ3v) is 8.04. The molecular weight excluding hydrogens is 386 g/mol. The van der Waals surface area contributed by atoms with Crippen LogP contribution in [0.5, 0.6) is 0 Å². The summed E-state index contributed by atoms with van der Waals surface area (Å²) in [6, 6.07) is 1.46. The minimum Gasteiger partial charge on any atom is -0.272 e. The highest BCUT2D eigenvalue weighted by molar-refractivity contribution is 9.09. The van der Waals surface area contributed by atoms with Crippen LogP contribution in [0.25, 0.3) is 0 Å². The lowest BCUT2D eigenvalue weighted by atomic mass is 9.79. The fourth-order valence-electron chi connectivity index (χ4n) is 3.96. The summed E-state index contributed by atoms with van der Waals surface area (Å²) >= 11 is 10.0. The van der Waals surface area contributed by atoms with Crippen molar-refractivity contribution in [3.63, 3.8) is 0 Å². The fraction of sp³-hybridized carbons (Fsp3) is 0.933. The Bertz CT molecular complexity index is 315. The van der Waals surface area contributed by atoms with E-state index in [-0.39, 0.29) is 0 Å². The van der Waals surface area contributed by atoms with E-state index in [0.717, 1.165) is 21.4 Å². The van der Waals surface area contributed by atoms with E-state index in [1.54, 1.807) is 5.92 Å². The minimum absolute atomic E-state index is 0.701. The first-order valence-corrected chi connectivity index (χ1v) is 10.5. The number of rotatable bonds is 2. The number of hydrogen-bond acceptors (Lipinski definition) is 2. The molecule has 1 saturated heterocycles. The Balaban J connectivity index is 1.70. The van der Waals surface area contributed by atoms with Gasteiger partial charge < -0.3 is 0 Å². The molecule has 3 fully saturated rings. The molecule has 6 unspecified atom stereocenters. The molecule has 1 N–H and O–H groups in total. The van der Waals surface area contributed by atoms with E-state index in [9.17, 15) is 0 Å². The summed E-state index contributed by atoms with van der Waals surface area (Å²) < 4.78 is 0. The number of fused-ring (bicyclic) bond motifs is 2. The van der Waals surface area contributed by atoms with Crippen molar-refractivity contribution in [1.82, 2.24) is 5.32 Å².